The number of aliphatic hydroxyl groups is 2. The highest BCUT2D eigenvalue weighted by Crippen LogP contribution is 2.40. The number of aliphatic hydroxyl groups excluding tert-OH is 2. The summed E-state index contributed by atoms with van der Waals surface area (Å²) in [5.74, 6) is 0. The quantitative estimate of drug-likeness (QED) is 0.0263. The molecule has 4 nitrogen and oxygen atoms in total. The molecule has 0 heterocycles. The van der Waals surface area contributed by atoms with Gasteiger partial charge in [-0.25, -0.2) is 0 Å². The third kappa shape index (κ3) is 33.7. The Kier molecular flexibility index (Phi) is 47.0. The molecule has 4 unspecified atom stereocenters. The summed E-state index contributed by atoms with van der Waals surface area (Å²) in [6.07, 6.45) is 59.9. The predicted molar refractivity (Wildman–Crippen MR) is 412 cm³/mol. The predicted octanol–water partition coefficient (Wildman–Crippen LogP) is 24.4. The Morgan fingerprint density at radius 2 is 0.478 bits per heavy atom. The lowest BCUT2D eigenvalue weighted by atomic mass is 9.99. The summed E-state index contributed by atoms with van der Waals surface area (Å²) >= 11 is 0. The Morgan fingerprint density at radius 1 is 0.283 bits per heavy atom. The van der Waals surface area contributed by atoms with E-state index in [9.17, 15) is 10.2 Å². The zero-order valence-corrected chi connectivity index (χ0v) is 63.8. The molecule has 6 heteroatoms. The van der Waals surface area contributed by atoms with Crippen LogP contribution in [0.2, 0.25) is 10.1 Å². The number of allylic oxidation sites excluding steroid dienone is 2. The molecular formula is C86H146O4Si2. The Hall–Kier alpha value is -3.11. The summed E-state index contributed by atoms with van der Waals surface area (Å²) in [4.78, 5) is 0. The molecule has 0 spiro atoms. The highest BCUT2D eigenvalue weighted by molar-refractivity contribution is 7.00. The van der Waals surface area contributed by atoms with Crippen LogP contribution in [0.15, 0.2) is 133 Å². The van der Waals surface area contributed by atoms with Gasteiger partial charge in [-0.15, -0.1) is 0 Å². The Bertz CT molecular complexity index is 2200. The van der Waals surface area contributed by atoms with Crippen molar-refractivity contribution in [3.63, 3.8) is 0 Å². The van der Waals surface area contributed by atoms with Gasteiger partial charge in [0, 0.05) is 12.2 Å². The van der Waals surface area contributed by atoms with Crippen LogP contribution < -0.4 is 20.7 Å². The molecule has 0 aromatic heterocycles. The number of hydrogen-bond donors (Lipinski definition) is 2. The fraction of sp³-hybridized carbons (Fsp3) is 0.698. The van der Waals surface area contributed by atoms with Crippen molar-refractivity contribution in [2.24, 2.45) is 0 Å². The van der Waals surface area contributed by atoms with E-state index in [-0.39, 0.29) is 16.2 Å². The van der Waals surface area contributed by atoms with E-state index in [1.165, 1.54) is 258 Å². The SMILES string of the molecule is CCCCCCC/C=C\CCCCCCCCC(CCCCCCCCC)O[Si](c1ccccc1)(c1ccccc1)C(C)(C)C.CCCCCCCCCC(CCCCCCCCC(O)C(O)CCCCCCC)O[Si](c1ccccc1)(c1ccccc1)C(C)(C)C. The van der Waals surface area contributed by atoms with Crippen molar-refractivity contribution < 1.29 is 19.1 Å². The molecular weight excluding hydrogens is 1150 g/mol. The van der Waals surface area contributed by atoms with Gasteiger partial charge in [0.25, 0.3) is 16.6 Å². The third-order valence-electron chi connectivity index (χ3n) is 19.9. The molecule has 522 valence electrons. The molecule has 0 fully saturated rings. The molecule has 0 aliphatic rings. The maximum Gasteiger partial charge on any atom is 0.261 e. The van der Waals surface area contributed by atoms with Crippen LogP contribution in [0.3, 0.4) is 0 Å². The highest BCUT2D eigenvalue weighted by atomic mass is 28.4. The normalized spacial score (nSPS) is 13.7. The molecule has 92 heavy (non-hydrogen) atoms. The van der Waals surface area contributed by atoms with Crippen LogP contribution in [0.25, 0.3) is 0 Å². The van der Waals surface area contributed by atoms with Crippen LogP contribution in [-0.4, -0.2) is 51.3 Å². The zero-order valence-electron chi connectivity index (χ0n) is 61.8. The van der Waals surface area contributed by atoms with Gasteiger partial charge < -0.3 is 19.1 Å². The van der Waals surface area contributed by atoms with Crippen molar-refractivity contribution in [2.75, 3.05) is 0 Å². The second-order valence-electron chi connectivity index (χ2n) is 30.0. The van der Waals surface area contributed by atoms with Gasteiger partial charge in [-0.1, -0.05) is 421 Å². The van der Waals surface area contributed by atoms with E-state index in [0.717, 1.165) is 44.9 Å². The molecule has 4 aromatic carbocycles. The molecule has 0 aliphatic heterocycles. The van der Waals surface area contributed by atoms with Crippen molar-refractivity contribution in [3.8, 4) is 0 Å². The van der Waals surface area contributed by atoms with Gasteiger partial charge in [0.15, 0.2) is 0 Å². The lowest BCUT2D eigenvalue weighted by molar-refractivity contribution is 0.00712. The van der Waals surface area contributed by atoms with Gasteiger partial charge in [-0.2, -0.15) is 0 Å². The average Bonchev–Trinajstić information content (AvgIpc) is 0.758. The average molecular weight is 1300 g/mol. The molecule has 0 radical (unpaired) electrons. The number of benzene rings is 4. The Balaban J connectivity index is 0.000000481. The first-order valence-electron chi connectivity index (χ1n) is 39.3. The number of unbranched alkanes of at least 4 members (excludes halogenated alkanes) is 32. The maximum absolute atomic E-state index is 10.4. The largest absolute Gasteiger partial charge is 0.404 e. The third-order valence-corrected chi connectivity index (χ3v) is 30.1. The Morgan fingerprint density at radius 3 is 0.696 bits per heavy atom. The number of rotatable bonds is 55. The fourth-order valence-electron chi connectivity index (χ4n) is 14.3. The van der Waals surface area contributed by atoms with E-state index in [1.54, 1.807) is 0 Å². The van der Waals surface area contributed by atoms with Crippen molar-refractivity contribution >= 4 is 37.4 Å². The molecule has 0 amide bonds. The van der Waals surface area contributed by atoms with E-state index in [2.05, 4.69) is 203 Å². The summed E-state index contributed by atoms with van der Waals surface area (Å²) < 4.78 is 15.3. The van der Waals surface area contributed by atoms with Crippen molar-refractivity contribution in [1.82, 2.24) is 0 Å². The first-order chi connectivity index (χ1) is 44.7. The summed E-state index contributed by atoms with van der Waals surface area (Å²) in [7, 11) is -5.08. The molecule has 0 saturated heterocycles. The standard InChI is InChI=1S/C43H74O3Si.C43H72OSi/c1-6-8-10-12-13-17-22-30-38(31-23-18-14-15-19-29-37-42(45)41(44)36-28-16-11-9-7-2)46-47(43(3,4)5,39-32-24-20-25-33-39)40-34-26-21-27-35-40;1-6-8-10-12-14-15-16-17-18-19-20-21-23-25-29-35-40(34-28-24-22-13-11-9-7-2)44-45(43(3,4)5,41-36-30-26-31-37-41)42-38-32-27-33-39-42/h20-21,24-27,32-35,38,41-42,44-45H,6-19,22-23,28-31,36-37H2,1-5H3;16-17,26-27,30-33,36-40H,6-15,18-25,28-29,34-35H2,1-5H3/b;17-16-. The topological polar surface area (TPSA) is 58.9 Å². The van der Waals surface area contributed by atoms with Crippen LogP contribution in [0.1, 0.15) is 352 Å². The van der Waals surface area contributed by atoms with Crippen LogP contribution in [-0.2, 0) is 8.85 Å². The minimum absolute atomic E-state index is 0.00129. The molecule has 2 N–H and O–H groups in total. The molecule has 4 atom stereocenters. The van der Waals surface area contributed by atoms with E-state index in [0.29, 0.717) is 6.10 Å². The Labute approximate surface area is 572 Å². The number of hydrogen-bond acceptors (Lipinski definition) is 4. The maximum atomic E-state index is 10.4. The lowest BCUT2D eigenvalue weighted by Crippen LogP contribution is -2.67. The van der Waals surface area contributed by atoms with Gasteiger partial charge in [0.1, 0.15) is 0 Å². The van der Waals surface area contributed by atoms with Gasteiger partial charge >= 0.3 is 0 Å². The van der Waals surface area contributed by atoms with E-state index in [4.69, 9.17) is 8.85 Å². The highest BCUT2D eigenvalue weighted by Gasteiger charge is 2.52. The van der Waals surface area contributed by atoms with Crippen LogP contribution in [0.4, 0.5) is 0 Å². The molecule has 0 bridgehead atoms. The molecule has 4 rings (SSSR count). The summed E-state index contributed by atoms with van der Waals surface area (Å²) in [6.45, 7) is 23.6. The minimum atomic E-state index is -2.56. The van der Waals surface area contributed by atoms with Gasteiger partial charge in [0.2, 0.25) is 0 Å². The van der Waals surface area contributed by atoms with E-state index >= 15 is 0 Å². The van der Waals surface area contributed by atoms with Crippen molar-refractivity contribution in [2.45, 2.75) is 386 Å². The molecule has 0 aliphatic carbocycles. The smallest absolute Gasteiger partial charge is 0.261 e. The molecule has 0 saturated carbocycles. The van der Waals surface area contributed by atoms with Crippen molar-refractivity contribution in [3.05, 3.63) is 133 Å². The van der Waals surface area contributed by atoms with Gasteiger partial charge in [0.05, 0.1) is 12.2 Å². The zero-order chi connectivity index (χ0) is 66.7. The van der Waals surface area contributed by atoms with Crippen molar-refractivity contribution in [1.29, 1.82) is 0 Å². The minimum Gasteiger partial charge on any atom is -0.404 e. The van der Waals surface area contributed by atoms with Gasteiger partial charge in [-0.3, -0.25) is 0 Å². The van der Waals surface area contributed by atoms with Crippen LogP contribution >= 0.6 is 0 Å². The van der Waals surface area contributed by atoms with Crippen LogP contribution in [0.5, 0.6) is 0 Å². The second kappa shape index (κ2) is 52.1. The van der Waals surface area contributed by atoms with Gasteiger partial charge in [-0.05, 0) is 95.0 Å². The van der Waals surface area contributed by atoms with Crippen LogP contribution in [0, 0.1) is 0 Å². The summed E-state index contributed by atoms with van der Waals surface area (Å²) in [6, 6.07) is 44.8. The first kappa shape index (κ1) is 83.1. The first-order valence-corrected chi connectivity index (χ1v) is 43.1. The summed E-state index contributed by atoms with van der Waals surface area (Å²) in [5.41, 5.74) is 0. The fourth-order valence-corrected chi connectivity index (χ4v) is 23.8. The van der Waals surface area contributed by atoms with E-state index < -0.39 is 28.8 Å². The van der Waals surface area contributed by atoms with E-state index in [1.807, 2.05) is 0 Å². The summed E-state index contributed by atoms with van der Waals surface area (Å²) in [5, 5.41) is 26.4. The second-order valence-corrected chi connectivity index (χ2v) is 38.5. The molecule has 4 aromatic rings. The lowest BCUT2D eigenvalue weighted by Gasteiger charge is -2.45. The monoisotopic (exact) mass is 1300 g/mol.